The van der Waals surface area contributed by atoms with Crippen LogP contribution in [0.2, 0.25) is 0 Å². The van der Waals surface area contributed by atoms with E-state index in [1.54, 1.807) is 0 Å². The van der Waals surface area contributed by atoms with Crippen LogP contribution >= 0.6 is 9.39 Å². The van der Waals surface area contributed by atoms with E-state index in [9.17, 15) is 0 Å². The average molecular weight is 180 g/mol. The van der Waals surface area contributed by atoms with Gasteiger partial charge in [-0.05, 0) is 29.7 Å². The van der Waals surface area contributed by atoms with E-state index in [-0.39, 0.29) is 0 Å². The molecule has 0 saturated heterocycles. The molecular weight excluding hydrogens is 167 g/mol. The van der Waals surface area contributed by atoms with Crippen LogP contribution in [0.3, 0.4) is 0 Å². The number of nitrogens with two attached hydrogens (primary N) is 1. The molecule has 1 aromatic carbocycles. The zero-order chi connectivity index (χ0) is 8.55. The van der Waals surface area contributed by atoms with Crippen molar-refractivity contribution >= 4 is 15.1 Å². The summed E-state index contributed by atoms with van der Waals surface area (Å²) in [5, 5.41) is 0. The Morgan fingerprint density at radius 1 is 1.33 bits per heavy atom. The van der Waals surface area contributed by atoms with Gasteiger partial charge in [0.05, 0.1) is 0 Å². The second kappa shape index (κ2) is 3.04. The lowest BCUT2D eigenvalue weighted by molar-refractivity contribution is 0.443. The summed E-state index contributed by atoms with van der Waals surface area (Å²) in [6.07, 6.45) is 1.11. The molecule has 1 unspecified atom stereocenters. The second-order valence-electron chi connectivity index (χ2n) is 3.25. The van der Waals surface area contributed by atoms with Gasteiger partial charge in [0.2, 0.25) is 0 Å². The number of hydrogen-bond acceptors (Lipinski definition) is 2. The third-order valence-electron chi connectivity index (χ3n) is 2.27. The molecule has 12 heavy (non-hydrogen) atoms. The molecule has 0 fully saturated rings. The van der Waals surface area contributed by atoms with Crippen molar-refractivity contribution in [3.63, 3.8) is 0 Å². The first-order valence-electron chi connectivity index (χ1n) is 4.12. The van der Waals surface area contributed by atoms with Crippen LogP contribution in [0.4, 0.5) is 5.69 Å². The third-order valence-corrected chi connectivity index (χ3v) is 2.71. The van der Waals surface area contributed by atoms with Crippen LogP contribution in [-0.4, -0.2) is 11.2 Å². The van der Waals surface area contributed by atoms with Crippen molar-refractivity contribution in [1.82, 2.24) is 4.67 Å². The summed E-state index contributed by atoms with van der Waals surface area (Å²) in [6.45, 7) is 2.14. The second-order valence-corrected chi connectivity index (χ2v) is 3.98. The zero-order valence-corrected chi connectivity index (χ0v) is 8.11. The van der Waals surface area contributed by atoms with Crippen molar-refractivity contribution in [1.29, 1.82) is 0 Å². The Labute approximate surface area is 75.0 Å². The van der Waals surface area contributed by atoms with E-state index >= 15 is 0 Å². The van der Waals surface area contributed by atoms with E-state index in [0.717, 1.165) is 25.2 Å². The first-order chi connectivity index (χ1) is 5.75. The average Bonchev–Trinajstić information content (AvgIpc) is 2.05. The minimum atomic E-state index is 0.881. The van der Waals surface area contributed by atoms with Gasteiger partial charge < -0.3 is 5.73 Å². The SMILES string of the molecule is Nc1ccc2c(c1)CCN(P)C2. The summed E-state index contributed by atoms with van der Waals surface area (Å²) in [6, 6.07) is 6.19. The monoisotopic (exact) mass is 180 g/mol. The molecule has 0 spiro atoms. The largest absolute Gasteiger partial charge is 0.399 e. The van der Waals surface area contributed by atoms with Gasteiger partial charge in [0.15, 0.2) is 0 Å². The first-order valence-corrected chi connectivity index (χ1v) is 4.64. The van der Waals surface area contributed by atoms with Crippen LogP contribution in [0.15, 0.2) is 18.2 Å². The van der Waals surface area contributed by atoms with Gasteiger partial charge in [0, 0.05) is 18.8 Å². The van der Waals surface area contributed by atoms with Gasteiger partial charge in [-0.2, -0.15) is 0 Å². The number of fused-ring (bicyclic) bond motifs is 1. The highest BCUT2D eigenvalue weighted by atomic mass is 31.0. The van der Waals surface area contributed by atoms with Crippen molar-refractivity contribution in [3.05, 3.63) is 29.3 Å². The molecule has 2 rings (SSSR count). The van der Waals surface area contributed by atoms with E-state index < -0.39 is 0 Å². The Kier molecular flexibility index (Phi) is 2.03. The number of anilines is 1. The van der Waals surface area contributed by atoms with Crippen molar-refractivity contribution in [2.45, 2.75) is 13.0 Å². The van der Waals surface area contributed by atoms with Gasteiger partial charge in [-0.15, -0.1) is 0 Å². The van der Waals surface area contributed by atoms with E-state index in [1.807, 2.05) is 6.07 Å². The molecule has 0 aliphatic carbocycles. The highest BCUT2D eigenvalue weighted by Crippen LogP contribution is 2.22. The van der Waals surface area contributed by atoms with Crippen LogP contribution in [0.1, 0.15) is 11.1 Å². The summed E-state index contributed by atoms with van der Waals surface area (Å²) in [4.78, 5) is 0. The maximum absolute atomic E-state index is 5.70. The molecule has 0 bridgehead atoms. The van der Waals surface area contributed by atoms with Crippen molar-refractivity contribution in [3.8, 4) is 0 Å². The molecule has 64 valence electrons. The molecule has 1 atom stereocenters. The fourth-order valence-corrected chi connectivity index (χ4v) is 1.92. The van der Waals surface area contributed by atoms with E-state index in [0.29, 0.717) is 0 Å². The van der Waals surface area contributed by atoms with Crippen LogP contribution in [0.25, 0.3) is 0 Å². The molecule has 2 nitrogen and oxygen atoms in total. The summed E-state index contributed by atoms with van der Waals surface area (Å²) in [5.74, 6) is 0. The Morgan fingerprint density at radius 3 is 3.00 bits per heavy atom. The van der Waals surface area contributed by atoms with Gasteiger partial charge in [-0.25, -0.2) is 0 Å². The lowest BCUT2D eigenvalue weighted by Gasteiger charge is -2.24. The fraction of sp³-hybridized carbons (Fsp3) is 0.333. The Bertz CT molecular complexity index is 299. The molecule has 0 aromatic heterocycles. The molecule has 2 N–H and O–H groups in total. The Morgan fingerprint density at radius 2 is 2.17 bits per heavy atom. The molecule has 1 heterocycles. The number of rotatable bonds is 0. The maximum Gasteiger partial charge on any atom is 0.0316 e. The van der Waals surface area contributed by atoms with Crippen LogP contribution in [-0.2, 0) is 13.0 Å². The lowest BCUT2D eigenvalue weighted by Crippen LogP contribution is -2.21. The van der Waals surface area contributed by atoms with Crippen LogP contribution in [0.5, 0.6) is 0 Å². The fourth-order valence-electron chi connectivity index (χ4n) is 1.59. The number of hydrogen-bond donors (Lipinski definition) is 1. The van der Waals surface area contributed by atoms with Crippen LogP contribution < -0.4 is 5.73 Å². The van der Waals surface area contributed by atoms with Crippen molar-refractivity contribution < 1.29 is 0 Å². The standard InChI is InChI=1S/C9H13N2P/c10-9-2-1-8-6-11(12)4-3-7(8)5-9/h1-2,5H,3-4,6,10,12H2. The maximum atomic E-state index is 5.70. The normalized spacial score (nSPS) is 17.4. The topological polar surface area (TPSA) is 29.3 Å². The minimum absolute atomic E-state index is 0.881. The van der Waals surface area contributed by atoms with Crippen LogP contribution in [0, 0.1) is 0 Å². The Balaban J connectivity index is 2.37. The summed E-state index contributed by atoms with van der Waals surface area (Å²) >= 11 is 0. The highest BCUT2D eigenvalue weighted by Gasteiger charge is 2.12. The quantitative estimate of drug-likeness (QED) is 0.483. The molecule has 0 radical (unpaired) electrons. The number of nitrogen functional groups attached to an aromatic ring is 1. The van der Waals surface area contributed by atoms with Gasteiger partial charge in [0.1, 0.15) is 0 Å². The smallest absolute Gasteiger partial charge is 0.0316 e. The molecule has 1 aliphatic heterocycles. The predicted octanol–water partition coefficient (Wildman–Crippen LogP) is 1.42. The molecule has 3 heteroatoms. The lowest BCUT2D eigenvalue weighted by atomic mass is 10.0. The number of benzene rings is 1. The molecule has 1 aromatic rings. The first kappa shape index (κ1) is 8.03. The van der Waals surface area contributed by atoms with E-state index in [2.05, 4.69) is 26.2 Å². The third kappa shape index (κ3) is 1.45. The van der Waals surface area contributed by atoms with E-state index in [4.69, 9.17) is 5.73 Å². The summed E-state index contributed by atoms with van der Waals surface area (Å²) in [7, 11) is 2.74. The highest BCUT2D eigenvalue weighted by molar-refractivity contribution is 7.13. The van der Waals surface area contributed by atoms with Gasteiger partial charge in [-0.1, -0.05) is 15.5 Å². The van der Waals surface area contributed by atoms with Crippen molar-refractivity contribution in [2.75, 3.05) is 12.3 Å². The molecular formula is C9H13N2P. The molecule has 0 saturated carbocycles. The minimum Gasteiger partial charge on any atom is -0.399 e. The van der Waals surface area contributed by atoms with E-state index in [1.165, 1.54) is 11.1 Å². The predicted molar refractivity (Wildman–Crippen MR) is 54.7 cm³/mol. The van der Waals surface area contributed by atoms with Gasteiger partial charge in [0.25, 0.3) is 0 Å². The summed E-state index contributed by atoms with van der Waals surface area (Å²) in [5.41, 5.74) is 9.40. The Hall–Kier alpha value is -0.590. The number of nitrogens with zero attached hydrogens (tertiary/aromatic N) is 1. The molecule has 0 amide bonds. The van der Waals surface area contributed by atoms with Gasteiger partial charge in [-0.3, -0.25) is 4.67 Å². The molecule has 1 aliphatic rings. The summed E-state index contributed by atoms with van der Waals surface area (Å²) < 4.78 is 2.25. The van der Waals surface area contributed by atoms with Crippen molar-refractivity contribution in [2.24, 2.45) is 0 Å². The zero-order valence-electron chi connectivity index (χ0n) is 6.96. The van der Waals surface area contributed by atoms with Gasteiger partial charge >= 0.3 is 0 Å².